The van der Waals surface area contributed by atoms with Gasteiger partial charge in [0.2, 0.25) is 0 Å². The van der Waals surface area contributed by atoms with Gasteiger partial charge in [-0.1, -0.05) is 0 Å². The van der Waals surface area contributed by atoms with Crippen molar-refractivity contribution in [1.29, 1.82) is 0 Å². The highest BCUT2D eigenvalue weighted by Crippen LogP contribution is 2.33. The lowest BCUT2D eigenvalue weighted by molar-refractivity contribution is -0.0182. The van der Waals surface area contributed by atoms with Crippen LogP contribution in [0.4, 0.5) is 0 Å². The summed E-state index contributed by atoms with van der Waals surface area (Å²) in [6, 6.07) is 3.84. The number of hydrogen-bond acceptors (Lipinski definition) is 4. The molecule has 106 valence electrons. The van der Waals surface area contributed by atoms with Crippen LogP contribution in [0, 0.1) is 0 Å². The van der Waals surface area contributed by atoms with E-state index in [1.165, 1.54) is 0 Å². The molecule has 0 amide bonds. The summed E-state index contributed by atoms with van der Waals surface area (Å²) >= 11 is 6.67. The summed E-state index contributed by atoms with van der Waals surface area (Å²) < 4.78 is 7.09. The van der Waals surface area contributed by atoms with Crippen LogP contribution in [0.2, 0.25) is 0 Å². The van der Waals surface area contributed by atoms with Gasteiger partial charge in [-0.2, -0.15) is 0 Å². The highest BCUT2D eigenvalue weighted by molar-refractivity contribution is 9.11. The summed E-state index contributed by atoms with van der Waals surface area (Å²) in [6.07, 6.45) is 0.253. The first-order valence-electron chi connectivity index (χ1n) is 6.24. The van der Waals surface area contributed by atoms with Crippen LogP contribution < -0.4 is 5.32 Å². The summed E-state index contributed by atoms with van der Waals surface area (Å²) in [4.78, 5) is 2.28. The SMILES string of the molecule is CN1CCOC(CNCc2cc(Br)c(O)c(Br)c2)C1. The van der Waals surface area contributed by atoms with Crippen LogP contribution in [-0.2, 0) is 11.3 Å². The third-order valence-corrected chi connectivity index (χ3v) is 4.33. The van der Waals surface area contributed by atoms with E-state index in [-0.39, 0.29) is 11.9 Å². The number of phenols is 1. The Morgan fingerprint density at radius 3 is 2.74 bits per heavy atom. The van der Waals surface area contributed by atoms with Crippen LogP contribution >= 0.6 is 31.9 Å². The highest BCUT2D eigenvalue weighted by Gasteiger charge is 2.17. The van der Waals surface area contributed by atoms with E-state index < -0.39 is 0 Å². The Morgan fingerprint density at radius 2 is 2.11 bits per heavy atom. The summed E-state index contributed by atoms with van der Waals surface area (Å²) in [5.41, 5.74) is 1.11. The Balaban J connectivity index is 1.82. The largest absolute Gasteiger partial charge is 0.506 e. The summed E-state index contributed by atoms with van der Waals surface area (Å²) in [7, 11) is 2.11. The Labute approximate surface area is 130 Å². The van der Waals surface area contributed by atoms with E-state index in [1.807, 2.05) is 12.1 Å². The predicted octanol–water partition coefficient (Wildman–Crippen LogP) is 2.34. The molecule has 0 aromatic heterocycles. The van der Waals surface area contributed by atoms with E-state index in [9.17, 15) is 5.11 Å². The van der Waals surface area contributed by atoms with Crippen molar-refractivity contribution in [3.05, 3.63) is 26.6 Å². The summed E-state index contributed by atoms with van der Waals surface area (Å²) in [5, 5.41) is 13.0. The van der Waals surface area contributed by atoms with Crippen molar-refractivity contribution in [2.75, 3.05) is 33.3 Å². The maximum atomic E-state index is 9.65. The standard InChI is InChI=1S/C13H18Br2N2O2/c1-17-2-3-19-10(8-17)7-16-6-9-4-11(14)13(18)12(15)5-9/h4-5,10,16,18H,2-3,6-8H2,1H3. The molecule has 19 heavy (non-hydrogen) atoms. The molecule has 1 aliphatic rings. The molecule has 1 heterocycles. The molecule has 1 saturated heterocycles. The van der Waals surface area contributed by atoms with Gasteiger partial charge in [-0.05, 0) is 56.6 Å². The summed E-state index contributed by atoms with van der Waals surface area (Å²) in [5.74, 6) is 0.237. The van der Waals surface area contributed by atoms with Crippen molar-refractivity contribution in [2.45, 2.75) is 12.6 Å². The molecule has 1 aromatic carbocycles. The monoisotopic (exact) mass is 392 g/mol. The van der Waals surface area contributed by atoms with Crippen molar-refractivity contribution in [2.24, 2.45) is 0 Å². The predicted molar refractivity (Wildman–Crippen MR) is 82.5 cm³/mol. The second kappa shape index (κ2) is 7.04. The average Bonchev–Trinajstić information content (AvgIpc) is 2.36. The quantitative estimate of drug-likeness (QED) is 0.824. The lowest BCUT2D eigenvalue weighted by Crippen LogP contribution is -2.44. The van der Waals surface area contributed by atoms with Gasteiger partial charge >= 0.3 is 0 Å². The maximum absolute atomic E-state index is 9.65. The van der Waals surface area contributed by atoms with Crippen LogP contribution in [-0.4, -0.2) is 49.4 Å². The number of ether oxygens (including phenoxy) is 1. The first-order valence-corrected chi connectivity index (χ1v) is 7.82. The fourth-order valence-electron chi connectivity index (χ4n) is 2.09. The number of likely N-dealkylation sites (N-methyl/N-ethyl adjacent to an activating group) is 1. The molecule has 0 saturated carbocycles. The van der Waals surface area contributed by atoms with Gasteiger partial charge in [-0.3, -0.25) is 0 Å². The first kappa shape index (κ1) is 15.3. The fraction of sp³-hybridized carbons (Fsp3) is 0.538. The normalized spacial score (nSPS) is 20.7. The third-order valence-electron chi connectivity index (χ3n) is 3.12. The van der Waals surface area contributed by atoms with E-state index >= 15 is 0 Å². The number of nitrogens with zero attached hydrogens (tertiary/aromatic N) is 1. The first-order chi connectivity index (χ1) is 9.06. The number of morpholine rings is 1. The van der Waals surface area contributed by atoms with Crippen LogP contribution in [0.3, 0.4) is 0 Å². The topological polar surface area (TPSA) is 44.7 Å². The van der Waals surface area contributed by atoms with Gasteiger partial charge in [-0.25, -0.2) is 0 Å². The number of hydrogen-bond donors (Lipinski definition) is 2. The molecular weight excluding hydrogens is 376 g/mol. The van der Waals surface area contributed by atoms with E-state index in [0.29, 0.717) is 8.95 Å². The van der Waals surface area contributed by atoms with Crippen LogP contribution in [0.1, 0.15) is 5.56 Å². The minimum atomic E-state index is 0.237. The van der Waals surface area contributed by atoms with E-state index in [2.05, 4.69) is 49.1 Å². The number of aromatic hydroxyl groups is 1. The van der Waals surface area contributed by atoms with Gasteiger partial charge in [0.15, 0.2) is 0 Å². The van der Waals surface area contributed by atoms with Crippen molar-refractivity contribution in [1.82, 2.24) is 10.2 Å². The van der Waals surface area contributed by atoms with Crippen LogP contribution in [0.15, 0.2) is 21.1 Å². The van der Waals surface area contributed by atoms with Crippen molar-refractivity contribution >= 4 is 31.9 Å². The molecule has 0 radical (unpaired) electrons. The molecule has 2 N–H and O–H groups in total. The second-order valence-electron chi connectivity index (χ2n) is 4.79. The van der Waals surface area contributed by atoms with Gasteiger partial charge in [0.25, 0.3) is 0 Å². The van der Waals surface area contributed by atoms with Gasteiger partial charge in [-0.15, -0.1) is 0 Å². The van der Waals surface area contributed by atoms with E-state index in [4.69, 9.17) is 4.74 Å². The lowest BCUT2D eigenvalue weighted by Gasteiger charge is -2.30. The Kier molecular flexibility index (Phi) is 5.65. The van der Waals surface area contributed by atoms with E-state index in [0.717, 1.165) is 38.3 Å². The minimum absolute atomic E-state index is 0.237. The Bertz CT molecular complexity index is 420. The number of rotatable bonds is 4. The number of halogens is 2. The van der Waals surface area contributed by atoms with Gasteiger partial charge in [0.1, 0.15) is 5.75 Å². The zero-order valence-electron chi connectivity index (χ0n) is 10.8. The van der Waals surface area contributed by atoms with Gasteiger partial charge in [0.05, 0.1) is 21.7 Å². The summed E-state index contributed by atoms with van der Waals surface area (Å²) in [6.45, 7) is 4.37. The molecule has 1 atom stereocenters. The smallest absolute Gasteiger partial charge is 0.143 e. The molecule has 1 fully saturated rings. The van der Waals surface area contributed by atoms with Crippen LogP contribution in [0.25, 0.3) is 0 Å². The van der Waals surface area contributed by atoms with Crippen molar-refractivity contribution < 1.29 is 9.84 Å². The second-order valence-corrected chi connectivity index (χ2v) is 6.50. The molecule has 1 aliphatic heterocycles. The van der Waals surface area contributed by atoms with Crippen LogP contribution in [0.5, 0.6) is 5.75 Å². The molecule has 0 aliphatic carbocycles. The number of nitrogens with one attached hydrogen (secondary N) is 1. The highest BCUT2D eigenvalue weighted by atomic mass is 79.9. The molecule has 1 unspecified atom stereocenters. The van der Waals surface area contributed by atoms with Gasteiger partial charge < -0.3 is 20.1 Å². The molecule has 0 bridgehead atoms. The Morgan fingerprint density at radius 1 is 1.42 bits per heavy atom. The molecule has 0 spiro atoms. The third kappa shape index (κ3) is 4.43. The fourth-order valence-corrected chi connectivity index (χ4v) is 3.37. The van der Waals surface area contributed by atoms with Gasteiger partial charge in [0, 0.05) is 26.2 Å². The molecule has 2 rings (SSSR count). The maximum Gasteiger partial charge on any atom is 0.143 e. The zero-order valence-corrected chi connectivity index (χ0v) is 14.0. The van der Waals surface area contributed by atoms with Crippen molar-refractivity contribution in [3.63, 3.8) is 0 Å². The molecular formula is C13H18Br2N2O2. The zero-order chi connectivity index (χ0) is 13.8. The number of benzene rings is 1. The lowest BCUT2D eigenvalue weighted by atomic mass is 10.2. The average molecular weight is 394 g/mol. The number of phenolic OH excluding ortho intramolecular Hbond substituents is 1. The van der Waals surface area contributed by atoms with Crippen molar-refractivity contribution in [3.8, 4) is 5.75 Å². The minimum Gasteiger partial charge on any atom is -0.506 e. The van der Waals surface area contributed by atoms with E-state index in [1.54, 1.807) is 0 Å². The molecule has 6 heteroatoms. The molecule has 1 aromatic rings. The Hall–Kier alpha value is -0.140. The molecule has 4 nitrogen and oxygen atoms in total.